The minimum absolute atomic E-state index is 0.0210. The van der Waals surface area contributed by atoms with Crippen LogP contribution in [0.1, 0.15) is 332 Å². The molecule has 0 bridgehead atoms. The van der Waals surface area contributed by atoms with E-state index in [4.69, 9.17) is 58.7 Å². The molecule has 0 aliphatic heterocycles. The standard InChI is InChI=1S/C18H34N2O6.C17H32N2O6.C15H30N2O5.C13H26N2O4.C9H20O.C8H15NO3/c1-6-14(25-16(22)7-2)11-9-8-10-12-19-15(21)13-24-20-17(23)26-18(3,4)5;1-6-14(24-13(2)20)10-8-7-9-11-18-15(21)12-23-19-16(22)25-17(3,4)5;1-5-12(18)9-7-6-8-10-16-13(19)11-21-17-14(20)22-15(2,3)4;1-3-11(19-13(17)4-2)8-6-5-7-9-15-12(16)10-18-14;1-3-5-6-7-8-9(10)4-2;1-6(10)5-9-7(11)12-8(2,3)4/h14H,6-13H2,1-5H3,(H,19,21)(H,20,23);14H,6-12H2,1-5H3,(H,18,21)(H,19,22);12,18H,5-11H2,1-4H3,(H,16,19)(H,17,20);11H,3-10,14H2,1-2H3,(H,15,16);9-10H,3-8H2,1-2H3;5H2,1-4H3,(H,9,11). The molecule has 0 heterocycles. The second-order valence-corrected chi connectivity index (χ2v) is 30.7. The normalized spacial score (nSPS) is 12.2. The Kier molecular flexibility index (Phi) is 78.2. The fourth-order valence-electron chi connectivity index (χ4n) is 8.81. The van der Waals surface area contributed by atoms with Crippen LogP contribution in [0.5, 0.6) is 0 Å². The summed E-state index contributed by atoms with van der Waals surface area (Å²) in [5, 5.41) is 31.7. The molecule has 0 spiro atoms. The summed E-state index contributed by atoms with van der Waals surface area (Å²) < 4.78 is 35.5. The van der Waals surface area contributed by atoms with E-state index in [9.17, 15) is 62.6 Å². The van der Waals surface area contributed by atoms with Crippen molar-refractivity contribution < 1.29 is 120 Å². The number of Topliss-reactive ketones (excluding diaryl/α,β-unsaturated/α-hetero) is 1. The van der Waals surface area contributed by atoms with E-state index in [1.807, 2.05) is 40.1 Å². The number of ketones is 1. The van der Waals surface area contributed by atoms with E-state index < -0.39 is 46.8 Å². The van der Waals surface area contributed by atoms with Crippen LogP contribution in [0.15, 0.2) is 0 Å². The number of nitrogens with two attached hydrogens (primary N) is 1. The number of aliphatic hydroxyl groups excluding tert-OH is 2. The summed E-state index contributed by atoms with van der Waals surface area (Å²) in [6.07, 6.45) is 22.3. The van der Waals surface area contributed by atoms with Gasteiger partial charge in [-0.05, 0) is 199 Å². The predicted molar refractivity (Wildman–Crippen MR) is 435 cm³/mol. The van der Waals surface area contributed by atoms with Crippen molar-refractivity contribution in [3.05, 3.63) is 0 Å². The van der Waals surface area contributed by atoms with Gasteiger partial charge in [0, 0.05) is 45.9 Å². The number of aliphatic hydroxyl groups is 2. The van der Waals surface area contributed by atoms with Crippen LogP contribution >= 0.6 is 0 Å². The Morgan fingerprint density at radius 1 is 0.333 bits per heavy atom. The number of nitrogens with one attached hydrogen (secondary N) is 8. The first-order valence-electron chi connectivity index (χ1n) is 40.9. The molecule has 0 saturated heterocycles. The number of hydrogen-bond acceptors (Lipinski definition) is 26. The van der Waals surface area contributed by atoms with Crippen molar-refractivity contribution in [3.63, 3.8) is 0 Å². The predicted octanol–water partition coefficient (Wildman–Crippen LogP) is 12.3. The zero-order valence-corrected chi connectivity index (χ0v) is 73.9. The molecule has 0 aromatic rings. The monoisotopic (exact) mass is 1640 g/mol. The van der Waals surface area contributed by atoms with Gasteiger partial charge in [-0.15, -0.1) is 0 Å². The third-order valence-electron chi connectivity index (χ3n) is 14.7. The molecule has 0 aromatic carbocycles. The van der Waals surface area contributed by atoms with E-state index in [0.717, 1.165) is 141 Å². The largest absolute Gasteiger partial charge is 0.463 e. The van der Waals surface area contributed by atoms with Gasteiger partial charge in [-0.2, -0.15) is 16.4 Å². The maximum atomic E-state index is 11.6. The van der Waals surface area contributed by atoms with E-state index >= 15 is 0 Å². The third kappa shape index (κ3) is 99.0. The highest BCUT2D eigenvalue weighted by molar-refractivity contribution is 5.82. The first-order valence-corrected chi connectivity index (χ1v) is 40.9. The highest BCUT2D eigenvalue weighted by Crippen LogP contribution is 2.16. The maximum Gasteiger partial charge on any atom is 0.431 e. The van der Waals surface area contributed by atoms with Crippen molar-refractivity contribution in [3.8, 4) is 0 Å². The molecule has 114 heavy (non-hydrogen) atoms. The van der Waals surface area contributed by atoms with Crippen molar-refractivity contribution in [2.45, 2.75) is 385 Å². The molecule has 8 amide bonds. The van der Waals surface area contributed by atoms with E-state index in [-0.39, 0.29) is 111 Å². The molecule has 0 fully saturated rings. The lowest BCUT2D eigenvalue weighted by Crippen LogP contribution is -2.36. The van der Waals surface area contributed by atoms with Crippen molar-refractivity contribution in [1.29, 1.82) is 0 Å². The molecule has 0 radical (unpaired) electrons. The van der Waals surface area contributed by atoms with E-state index in [2.05, 4.69) is 49.3 Å². The van der Waals surface area contributed by atoms with Gasteiger partial charge in [0.05, 0.1) is 18.8 Å². The number of alkyl carbamates (subject to hydrolysis) is 1. The molecular formula is C80H157N9O25. The van der Waals surface area contributed by atoms with Crippen molar-refractivity contribution in [2.75, 3.05) is 59.2 Å². The first-order chi connectivity index (χ1) is 53.3. The van der Waals surface area contributed by atoms with Crippen LogP contribution in [0.4, 0.5) is 19.2 Å². The highest BCUT2D eigenvalue weighted by atomic mass is 16.7. The minimum atomic E-state index is -0.737. The number of carbonyl (C=O) groups is 12. The quantitative estimate of drug-likeness (QED) is 0.0117. The second-order valence-electron chi connectivity index (χ2n) is 30.7. The summed E-state index contributed by atoms with van der Waals surface area (Å²) >= 11 is 0. The van der Waals surface area contributed by atoms with Crippen LogP contribution in [0.2, 0.25) is 0 Å². The topological polar surface area (TPSA) is 469 Å². The molecule has 672 valence electrons. The number of hydroxylamine groups is 3. The number of esters is 3. The summed E-state index contributed by atoms with van der Waals surface area (Å²) in [7, 11) is 0. The van der Waals surface area contributed by atoms with E-state index in [1.54, 1.807) is 96.9 Å². The summed E-state index contributed by atoms with van der Waals surface area (Å²) in [6, 6.07) is 0. The Balaban J connectivity index is -0.000000315. The number of rotatable bonds is 52. The molecule has 34 nitrogen and oxygen atoms in total. The van der Waals surface area contributed by atoms with Crippen LogP contribution in [-0.2, 0) is 90.9 Å². The fourth-order valence-corrected chi connectivity index (χ4v) is 8.81. The summed E-state index contributed by atoms with van der Waals surface area (Å²) in [6.45, 7) is 40.8. The molecule has 0 aliphatic rings. The third-order valence-corrected chi connectivity index (χ3v) is 14.7. The van der Waals surface area contributed by atoms with Crippen molar-refractivity contribution in [2.24, 2.45) is 5.90 Å². The molecule has 0 saturated carbocycles. The van der Waals surface area contributed by atoms with Gasteiger partial charge in [0.1, 0.15) is 53.1 Å². The number of carbonyl (C=O) groups excluding carboxylic acids is 12. The molecule has 5 unspecified atom stereocenters. The van der Waals surface area contributed by atoms with Gasteiger partial charge >= 0.3 is 42.3 Å². The second kappa shape index (κ2) is 75.8. The van der Waals surface area contributed by atoms with Crippen LogP contribution in [0.25, 0.3) is 0 Å². The van der Waals surface area contributed by atoms with E-state index in [1.165, 1.54) is 39.5 Å². The Hall–Kier alpha value is -7.24. The zero-order chi connectivity index (χ0) is 88.4. The average molecular weight is 1650 g/mol. The Labute approximate surface area is 682 Å². The Morgan fingerprint density at radius 3 is 0.851 bits per heavy atom. The van der Waals surface area contributed by atoms with Crippen LogP contribution < -0.4 is 48.9 Å². The molecule has 0 aromatic heterocycles. The van der Waals surface area contributed by atoms with Gasteiger partial charge in [0.15, 0.2) is 19.8 Å². The van der Waals surface area contributed by atoms with Crippen molar-refractivity contribution in [1.82, 2.24) is 43.0 Å². The summed E-state index contributed by atoms with van der Waals surface area (Å²) in [5.41, 5.74) is 3.79. The molecular weight excluding hydrogens is 1490 g/mol. The van der Waals surface area contributed by atoms with Gasteiger partial charge < -0.3 is 70.0 Å². The minimum Gasteiger partial charge on any atom is -0.463 e. The Bertz CT molecular complexity index is 2510. The average Bonchev–Trinajstić information content (AvgIpc) is 0.955. The number of ether oxygens (including phenoxy) is 7. The van der Waals surface area contributed by atoms with Crippen LogP contribution in [0.3, 0.4) is 0 Å². The number of unbranched alkanes of at least 4 members (excludes halogenated alkanes) is 11. The fraction of sp³-hybridized carbons (Fsp3) is 0.850. The van der Waals surface area contributed by atoms with Gasteiger partial charge in [-0.1, -0.05) is 113 Å². The lowest BCUT2D eigenvalue weighted by Gasteiger charge is -2.19. The first kappa shape index (κ1) is 118. The SMILES string of the molecule is CC(=O)CNC(=O)OC(C)(C)C.CCC(=O)OC(CC)CCCCCNC(=O)CON.CCC(=O)OC(CC)CCCCCNC(=O)CONC(=O)OC(C)(C)C.CCC(CCCCCNC(=O)CONC(=O)OC(C)(C)C)OC(C)=O.CCC(O)CCCCCNC(=O)CONC(=O)OC(C)(C)C.CCCCCCC(O)CC. The number of amides is 8. The molecule has 0 aliphatic carbocycles. The lowest BCUT2D eigenvalue weighted by atomic mass is 10.1. The Morgan fingerprint density at radius 2 is 0.605 bits per heavy atom. The van der Waals surface area contributed by atoms with Crippen LogP contribution in [-0.4, -0.2) is 194 Å². The highest BCUT2D eigenvalue weighted by Gasteiger charge is 2.21. The van der Waals surface area contributed by atoms with Gasteiger partial charge in [0.2, 0.25) is 23.6 Å². The molecule has 5 atom stereocenters. The zero-order valence-electron chi connectivity index (χ0n) is 73.9. The van der Waals surface area contributed by atoms with Gasteiger partial charge in [-0.25, -0.2) is 25.1 Å². The van der Waals surface area contributed by atoms with Gasteiger partial charge in [-0.3, -0.25) is 57.7 Å². The molecule has 34 heteroatoms. The van der Waals surface area contributed by atoms with E-state index in [0.29, 0.717) is 39.0 Å². The summed E-state index contributed by atoms with van der Waals surface area (Å²) in [5.74, 6) is 2.99. The number of hydrogen-bond donors (Lipinski definition) is 11. The molecule has 12 N–H and O–H groups in total. The van der Waals surface area contributed by atoms with Crippen LogP contribution in [0, 0.1) is 0 Å². The smallest absolute Gasteiger partial charge is 0.431 e. The maximum absolute atomic E-state index is 11.6. The van der Waals surface area contributed by atoms with Gasteiger partial charge in [0.25, 0.3) is 0 Å². The molecule has 0 rings (SSSR count). The lowest BCUT2D eigenvalue weighted by molar-refractivity contribution is -0.150. The summed E-state index contributed by atoms with van der Waals surface area (Å²) in [4.78, 5) is 153. The van der Waals surface area contributed by atoms with Crippen molar-refractivity contribution >= 4 is 71.7 Å².